The molecule has 1 unspecified atom stereocenters. The topological polar surface area (TPSA) is 43.7 Å². The number of anilines is 1. The molecule has 0 bridgehead atoms. The Morgan fingerprint density at radius 3 is 2.67 bits per heavy atom. The van der Waals surface area contributed by atoms with Crippen molar-refractivity contribution in [3.05, 3.63) is 29.6 Å². The fourth-order valence-electron chi connectivity index (χ4n) is 2.60. The predicted molar refractivity (Wildman–Crippen MR) is 69.0 cm³/mol. The summed E-state index contributed by atoms with van der Waals surface area (Å²) in [4.78, 5) is 1.84. The van der Waals surface area contributed by atoms with Crippen molar-refractivity contribution >= 4 is 5.69 Å². The Morgan fingerprint density at radius 2 is 2.11 bits per heavy atom. The lowest BCUT2D eigenvalue weighted by atomic mass is 9.82. The van der Waals surface area contributed by atoms with E-state index in [4.69, 9.17) is 0 Å². The van der Waals surface area contributed by atoms with Crippen LogP contribution in [0, 0.1) is 11.7 Å². The molecule has 0 saturated heterocycles. The van der Waals surface area contributed by atoms with Gasteiger partial charge >= 0.3 is 0 Å². The van der Waals surface area contributed by atoms with Gasteiger partial charge in [-0.2, -0.15) is 0 Å². The molecule has 0 heterocycles. The number of hydrogen-bond donors (Lipinski definition) is 2. The third-order valence-electron chi connectivity index (χ3n) is 3.59. The van der Waals surface area contributed by atoms with Crippen LogP contribution in [-0.2, 0) is 0 Å². The Bertz CT molecular complexity index is 416. The molecule has 2 N–H and O–H groups in total. The molecule has 1 atom stereocenters. The summed E-state index contributed by atoms with van der Waals surface area (Å²) in [6.45, 7) is 2.34. The van der Waals surface area contributed by atoms with Gasteiger partial charge in [0.05, 0.1) is 17.9 Å². The van der Waals surface area contributed by atoms with E-state index in [1.807, 2.05) is 11.9 Å². The fraction of sp³-hybridized carbons (Fsp3) is 0.571. The summed E-state index contributed by atoms with van der Waals surface area (Å²) in [6, 6.07) is 4.77. The minimum Gasteiger partial charge on any atom is -0.393 e. The Balaban J connectivity index is 2.15. The molecule has 1 aromatic carbocycles. The quantitative estimate of drug-likeness (QED) is 0.863. The summed E-state index contributed by atoms with van der Waals surface area (Å²) in [6.07, 6.45) is 0.677. The minimum atomic E-state index is -0.690. The van der Waals surface area contributed by atoms with E-state index in [0.717, 1.165) is 12.8 Å². The molecule has 0 spiro atoms. The highest BCUT2D eigenvalue weighted by Crippen LogP contribution is 2.33. The zero-order valence-electron chi connectivity index (χ0n) is 10.8. The average Bonchev–Trinajstić information content (AvgIpc) is 2.26. The van der Waals surface area contributed by atoms with Crippen LogP contribution in [0.5, 0.6) is 0 Å². The average molecular weight is 253 g/mol. The third kappa shape index (κ3) is 2.65. The SMILES string of the molecule is CC(O)c1cccc(F)c1N(C)CC1CC(O)C1. The maximum atomic E-state index is 13.9. The Hall–Kier alpha value is -1.13. The minimum absolute atomic E-state index is 0.194. The smallest absolute Gasteiger partial charge is 0.146 e. The first-order valence-electron chi connectivity index (χ1n) is 6.34. The van der Waals surface area contributed by atoms with Gasteiger partial charge in [-0.15, -0.1) is 0 Å². The number of nitrogens with zero attached hydrogens (tertiary/aromatic N) is 1. The van der Waals surface area contributed by atoms with Crippen molar-refractivity contribution in [2.24, 2.45) is 5.92 Å². The largest absolute Gasteiger partial charge is 0.393 e. The molecule has 1 aromatic rings. The van der Waals surface area contributed by atoms with E-state index in [-0.39, 0.29) is 11.9 Å². The van der Waals surface area contributed by atoms with Crippen molar-refractivity contribution in [1.82, 2.24) is 0 Å². The lowest BCUT2D eigenvalue weighted by Crippen LogP contribution is -2.37. The number of benzene rings is 1. The van der Waals surface area contributed by atoms with Gasteiger partial charge in [-0.25, -0.2) is 4.39 Å². The lowest BCUT2D eigenvalue weighted by molar-refractivity contribution is 0.0464. The van der Waals surface area contributed by atoms with E-state index in [9.17, 15) is 14.6 Å². The van der Waals surface area contributed by atoms with Crippen LogP contribution >= 0.6 is 0 Å². The van der Waals surface area contributed by atoms with E-state index in [1.165, 1.54) is 6.07 Å². The molecule has 100 valence electrons. The van der Waals surface area contributed by atoms with Gasteiger partial charge in [-0.3, -0.25) is 0 Å². The van der Waals surface area contributed by atoms with Gasteiger partial charge in [0, 0.05) is 19.2 Å². The van der Waals surface area contributed by atoms with Gasteiger partial charge in [0.25, 0.3) is 0 Å². The Labute approximate surface area is 107 Å². The van der Waals surface area contributed by atoms with Crippen molar-refractivity contribution in [2.45, 2.75) is 32.0 Å². The molecule has 1 saturated carbocycles. The molecule has 0 radical (unpaired) electrons. The summed E-state index contributed by atoms with van der Waals surface area (Å²) in [5.41, 5.74) is 1.08. The highest BCUT2D eigenvalue weighted by Gasteiger charge is 2.29. The third-order valence-corrected chi connectivity index (χ3v) is 3.59. The molecule has 0 aliphatic heterocycles. The van der Waals surface area contributed by atoms with Crippen molar-refractivity contribution in [1.29, 1.82) is 0 Å². The van der Waals surface area contributed by atoms with E-state index < -0.39 is 6.10 Å². The summed E-state index contributed by atoms with van der Waals surface area (Å²) >= 11 is 0. The first-order chi connectivity index (χ1) is 8.49. The Morgan fingerprint density at radius 1 is 1.44 bits per heavy atom. The predicted octanol–water partition coefficient (Wildman–Crippen LogP) is 2.09. The number of para-hydroxylation sites is 1. The van der Waals surface area contributed by atoms with E-state index in [0.29, 0.717) is 23.7 Å². The maximum absolute atomic E-state index is 13.9. The van der Waals surface area contributed by atoms with Crippen LogP contribution in [0.15, 0.2) is 18.2 Å². The molecule has 1 aliphatic carbocycles. The molecular formula is C14H20FNO2. The van der Waals surface area contributed by atoms with Gasteiger partial charge in [0.15, 0.2) is 0 Å². The molecular weight excluding hydrogens is 233 g/mol. The number of hydrogen-bond acceptors (Lipinski definition) is 3. The van der Waals surface area contributed by atoms with Gasteiger partial charge in [0.2, 0.25) is 0 Å². The van der Waals surface area contributed by atoms with Crippen LogP contribution < -0.4 is 4.90 Å². The molecule has 3 nitrogen and oxygen atoms in total. The number of rotatable bonds is 4. The van der Waals surface area contributed by atoms with E-state index in [1.54, 1.807) is 19.1 Å². The summed E-state index contributed by atoms with van der Waals surface area (Å²) < 4.78 is 13.9. The highest BCUT2D eigenvalue weighted by atomic mass is 19.1. The van der Waals surface area contributed by atoms with Gasteiger partial charge in [0.1, 0.15) is 5.82 Å². The summed E-state index contributed by atoms with van der Waals surface area (Å²) in [7, 11) is 1.83. The Kier molecular flexibility index (Phi) is 3.88. The molecule has 2 rings (SSSR count). The maximum Gasteiger partial charge on any atom is 0.146 e. The molecule has 18 heavy (non-hydrogen) atoms. The second kappa shape index (κ2) is 5.24. The van der Waals surface area contributed by atoms with Crippen molar-refractivity contribution < 1.29 is 14.6 Å². The molecule has 0 aromatic heterocycles. The van der Waals surface area contributed by atoms with Crippen LogP contribution in [0.3, 0.4) is 0 Å². The van der Waals surface area contributed by atoms with Crippen LogP contribution in [0.2, 0.25) is 0 Å². The first kappa shape index (κ1) is 13.3. The summed E-state index contributed by atoms with van der Waals surface area (Å²) in [5.74, 6) is 0.0993. The molecule has 1 aliphatic rings. The van der Waals surface area contributed by atoms with Crippen LogP contribution in [0.25, 0.3) is 0 Å². The number of halogens is 1. The fourth-order valence-corrected chi connectivity index (χ4v) is 2.60. The number of aliphatic hydroxyl groups excluding tert-OH is 2. The van der Waals surface area contributed by atoms with Crippen molar-refractivity contribution in [2.75, 3.05) is 18.5 Å². The van der Waals surface area contributed by atoms with Gasteiger partial charge < -0.3 is 15.1 Å². The highest BCUT2D eigenvalue weighted by molar-refractivity contribution is 5.55. The molecule has 4 heteroatoms. The van der Waals surface area contributed by atoms with Gasteiger partial charge in [-0.1, -0.05) is 12.1 Å². The molecule has 0 amide bonds. The molecule has 1 fully saturated rings. The van der Waals surface area contributed by atoms with Crippen LogP contribution in [0.4, 0.5) is 10.1 Å². The first-order valence-corrected chi connectivity index (χ1v) is 6.34. The van der Waals surface area contributed by atoms with Crippen LogP contribution in [-0.4, -0.2) is 29.9 Å². The van der Waals surface area contributed by atoms with Crippen LogP contribution in [0.1, 0.15) is 31.4 Å². The zero-order valence-corrected chi connectivity index (χ0v) is 10.8. The van der Waals surface area contributed by atoms with E-state index in [2.05, 4.69) is 0 Å². The summed E-state index contributed by atoms with van der Waals surface area (Å²) in [5, 5.41) is 19.0. The van der Waals surface area contributed by atoms with Crippen molar-refractivity contribution in [3.63, 3.8) is 0 Å². The monoisotopic (exact) mass is 253 g/mol. The second-order valence-corrected chi connectivity index (χ2v) is 5.23. The normalized spacial score (nSPS) is 24.5. The van der Waals surface area contributed by atoms with E-state index >= 15 is 0 Å². The number of aliphatic hydroxyl groups is 2. The van der Waals surface area contributed by atoms with Gasteiger partial charge in [-0.05, 0) is 31.7 Å². The zero-order chi connectivity index (χ0) is 13.3. The lowest BCUT2D eigenvalue weighted by Gasteiger charge is -2.36. The standard InChI is InChI=1S/C14H20FNO2/c1-9(17)12-4-3-5-13(15)14(12)16(2)8-10-6-11(18)7-10/h3-5,9-11,17-18H,6-8H2,1-2H3. The second-order valence-electron chi connectivity index (χ2n) is 5.23. The van der Waals surface area contributed by atoms with Crippen molar-refractivity contribution in [3.8, 4) is 0 Å².